The van der Waals surface area contributed by atoms with Gasteiger partial charge in [0.25, 0.3) is 0 Å². The summed E-state index contributed by atoms with van der Waals surface area (Å²) in [5.41, 5.74) is 0.290. The predicted molar refractivity (Wildman–Crippen MR) is 132 cm³/mol. The van der Waals surface area contributed by atoms with Crippen molar-refractivity contribution < 1.29 is 14.3 Å². The molecule has 0 aliphatic carbocycles. The molecule has 0 bridgehead atoms. The number of para-hydroxylation sites is 1. The van der Waals surface area contributed by atoms with Gasteiger partial charge < -0.3 is 9.64 Å². The van der Waals surface area contributed by atoms with Crippen LogP contribution in [0.3, 0.4) is 0 Å². The minimum atomic E-state index is -1.58. The molecule has 170 valence electrons. The number of nitrogens with zero attached hydrogens (tertiary/aromatic N) is 2. The number of nitriles is 1. The summed E-state index contributed by atoms with van der Waals surface area (Å²) in [6, 6.07) is 16.3. The number of carbonyl (C=O) groups is 2. The first-order chi connectivity index (χ1) is 15.7. The summed E-state index contributed by atoms with van der Waals surface area (Å²) < 4.78 is 6.38. The van der Waals surface area contributed by atoms with Crippen molar-refractivity contribution in [3.63, 3.8) is 0 Å². The second kappa shape index (κ2) is 8.46. The minimum absolute atomic E-state index is 0.0213. The van der Waals surface area contributed by atoms with E-state index in [0.717, 1.165) is 21.3 Å². The van der Waals surface area contributed by atoms with Crippen LogP contribution in [0.25, 0.3) is 6.08 Å². The molecule has 0 unspecified atom stereocenters. The Balaban J connectivity index is 2.05. The van der Waals surface area contributed by atoms with Crippen molar-refractivity contribution in [3.8, 4) is 6.07 Å². The van der Waals surface area contributed by atoms with Crippen molar-refractivity contribution in [2.24, 2.45) is 10.8 Å². The summed E-state index contributed by atoms with van der Waals surface area (Å²) in [6.07, 6.45) is 3.81. The van der Waals surface area contributed by atoms with E-state index >= 15 is 0 Å². The Bertz CT molecular complexity index is 1160. The van der Waals surface area contributed by atoms with Crippen molar-refractivity contribution in [2.75, 3.05) is 11.5 Å². The molecule has 1 saturated heterocycles. The van der Waals surface area contributed by atoms with Crippen LogP contribution in [-0.2, 0) is 14.3 Å². The third-order valence-electron chi connectivity index (χ3n) is 6.58. The zero-order valence-corrected chi connectivity index (χ0v) is 20.8. The monoisotopic (exact) mass is 506 g/mol. The number of ketones is 1. The van der Waals surface area contributed by atoms with Crippen LogP contribution < -0.4 is 4.90 Å². The van der Waals surface area contributed by atoms with Gasteiger partial charge in [0.05, 0.1) is 24.8 Å². The number of esters is 1. The van der Waals surface area contributed by atoms with Gasteiger partial charge in [-0.05, 0) is 36.2 Å². The van der Waals surface area contributed by atoms with Crippen molar-refractivity contribution in [2.45, 2.75) is 45.7 Å². The van der Waals surface area contributed by atoms with Gasteiger partial charge in [-0.3, -0.25) is 9.59 Å². The van der Waals surface area contributed by atoms with Crippen LogP contribution in [0.2, 0.25) is 0 Å². The van der Waals surface area contributed by atoms with E-state index in [1.54, 1.807) is 6.92 Å². The highest BCUT2D eigenvalue weighted by atomic mass is 79.9. The molecule has 0 amide bonds. The molecule has 0 aromatic heterocycles. The zero-order valence-electron chi connectivity index (χ0n) is 19.2. The van der Waals surface area contributed by atoms with E-state index in [-0.39, 0.29) is 12.4 Å². The van der Waals surface area contributed by atoms with E-state index in [1.165, 1.54) is 0 Å². The van der Waals surface area contributed by atoms with Crippen LogP contribution in [0, 0.1) is 22.2 Å². The van der Waals surface area contributed by atoms with Crippen LogP contribution in [-0.4, -0.2) is 30.4 Å². The summed E-state index contributed by atoms with van der Waals surface area (Å²) in [5.74, 6) is -1.32. The number of halogens is 1. The molecule has 6 heteroatoms. The van der Waals surface area contributed by atoms with E-state index in [4.69, 9.17) is 4.74 Å². The first-order valence-corrected chi connectivity index (χ1v) is 11.9. The predicted octanol–water partition coefficient (Wildman–Crippen LogP) is 5.51. The lowest BCUT2D eigenvalue weighted by Gasteiger charge is -2.37. The smallest absolute Gasteiger partial charge is 0.329 e. The van der Waals surface area contributed by atoms with Gasteiger partial charge in [-0.15, -0.1) is 0 Å². The lowest BCUT2D eigenvalue weighted by molar-refractivity contribution is -0.152. The molecule has 1 fully saturated rings. The van der Waals surface area contributed by atoms with Crippen LogP contribution in [0.4, 0.5) is 5.69 Å². The molecule has 4 atom stereocenters. The first-order valence-electron chi connectivity index (χ1n) is 11.1. The Morgan fingerprint density at radius 2 is 1.82 bits per heavy atom. The van der Waals surface area contributed by atoms with E-state index in [1.807, 2.05) is 86.4 Å². The van der Waals surface area contributed by atoms with E-state index in [9.17, 15) is 14.9 Å². The van der Waals surface area contributed by atoms with Crippen molar-refractivity contribution in [3.05, 3.63) is 70.2 Å². The van der Waals surface area contributed by atoms with Gasteiger partial charge >= 0.3 is 5.97 Å². The van der Waals surface area contributed by atoms with Gasteiger partial charge in [0.1, 0.15) is 0 Å². The van der Waals surface area contributed by atoms with E-state index in [2.05, 4.69) is 22.0 Å². The van der Waals surface area contributed by atoms with Crippen LogP contribution in [0.1, 0.15) is 44.7 Å². The number of carbonyl (C=O) groups excluding carboxylic acids is 2. The van der Waals surface area contributed by atoms with Gasteiger partial charge in [-0.25, -0.2) is 0 Å². The molecule has 2 heterocycles. The number of fused-ring (bicyclic) bond motifs is 3. The van der Waals surface area contributed by atoms with E-state index < -0.39 is 34.8 Å². The molecule has 0 spiro atoms. The number of hydrogen-bond acceptors (Lipinski definition) is 5. The van der Waals surface area contributed by atoms with Crippen LogP contribution >= 0.6 is 15.9 Å². The molecule has 4 rings (SSSR count). The standard InChI is InChI=1S/C27H27BrN2O3/c1-5-33-25(32)27(16-29)21-15-12-17-8-6-7-9-20(17)30(21)23(24(31)26(2,3)4)22(27)18-10-13-19(28)14-11-18/h6-15,21-23H,5H2,1-4H3/t21-,22+,23-,27-/m0/s1. The fourth-order valence-corrected chi connectivity index (χ4v) is 5.37. The fourth-order valence-electron chi connectivity index (χ4n) is 5.10. The Morgan fingerprint density at radius 3 is 2.42 bits per heavy atom. The Morgan fingerprint density at radius 1 is 1.15 bits per heavy atom. The van der Waals surface area contributed by atoms with Crippen LogP contribution in [0.5, 0.6) is 0 Å². The molecule has 2 aliphatic rings. The second-order valence-corrected chi connectivity index (χ2v) is 10.5. The number of rotatable bonds is 4. The maximum Gasteiger partial charge on any atom is 0.329 e. The lowest BCUT2D eigenvalue weighted by atomic mass is 9.67. The maximum atomic E-state index is 14.0. The van der Waals surface area contributed by atoms with Gasteiger partial charge in [0.15, 0.2) is 11.2 Å². The van der Waals surface area contributed by atoms with Crippen molar-refractivity contribution in [1.29, 1.82) is 5.26 Å². The van der Waals surface area contributed by atoms with Crippen molar-refractivity contribution >= 4 is 39.4 Å². The third-order valence-corrected chi connectivity index (χ3v) is 7.11. The number of benzene rings is 2. The second-order valence-electron chi connectivity index (χ2n) is 9.56. The van der Waals surface area contributed by atoms with Gasteiger partial charge in [0.2, 0.25) is 0 Å². The number of hydrogen-bond donors (Lipinski definition) is 0. The normalized spacial score (nSPS) is 25.7. The van der Waals surface area contributed by atoms with Crippen LogP contribution in [0.15, 0.2) is 59.1 Å². The lowest BCUT2D eigenvalue weighted by Crippen LogP contribution is -2.48. The molecule has 0 N–H and O–H groups in total. The first kappa shape index (κ1) is 23.3. The highest BCUT2D eigenvalue weighted by Crippen LogP contribution is 2.57. The summed E-state index contributed by atoms with van der Waals surface area (Å²) >= 11 is 3.47. The quantitative estimate of drug-likeness (QED) is 0.511. The Hall–Kier alpha value is -2.91. The minimum Gasteiger partial charge on any atom is -0.465 e. The fraction of sp³-hybridized carbons (Fsp3) is 0.370. The summed E-state index contributed by atoms with van der Waals surface area (Å²) in [7, 11) is 0. The summed E-state index contributed by atoms with van der Waals surface area (Å²) in [6.45, 7) is 7.52. The van der Waals surface area contributed by atoms with Gasteiger partial charge in [0, 0.05) is 21.5 Å². The van der Waals surface area contributed by atoms with E-state index in [0.29, 0.717) is 0 Å². The average Bonchev–Trinajstić information content (AvgIpc) is 3.10. The molecule has 33 heavy (non-hydrogen) atoms. The number of ether oxygens (including phenoxy) is 1. The highest BCUT2D eigenvalue weighted by molar-refractivity contribution is 9.10. The molecule has 0 saturated carbocycles. The van der Waals surface area contributed by atoms with Gasteiger partial charge in [-0.2, -0.15) is 5.26 Å². The largest absolute Gasteiger partial charge is 0.465 e. The molecule has 2 aromatic carbocycles. The summed E-state index contributed by atoms with van der Waals surface area (Å²) in [4.78, 5) is 29.6. The molecule has 5 nitrogen and oxygen atoms in total. The Kier molecular flexibility index (Phi) is 5.96. The molecular formula is C27H27BrN2O3. The summed E-state index contributed by atoms with van der Waals surface area (Å²) in [5, 5.41) is 10.7. The Labute approximate surface area is 203 Å². The van der Waals surface area contributed by atoms with Crippen molar-refractivity contribution in [1.82, 2.24) is 0 Å². The topological polar surface area (TPSA) is 70.4 Å². The molecular weight excluding hydrogens is 480 g/mol. The molecule has 0 radical (unpaired) electrons. The van der Waals surface area contributed by atoms with Gasteiger partial charge in [-0.1, -0.05) is 79.2 Å². The molecule has 2 aromatic rings. The highest BCUT2D eigenvalue weighted by Gasteiger charge is 2.67. The SMILES string of the molecule is CCOC(=O)[C@]1(C#N)[C@H](c2ccc(Br)cc2)[C@@H](C(=O)C(C)(C)C)N2c3ccccc3C=C[C@H]21. The maximum absolute atomic E-state index is 14.0. The average molecular weight is 507 g/mol. The number of anilines is 1. The number of Topliss-reactive ketones (excluding diaryl/α,β-unsaturated/α-hetero) is 1. The zero-order chi connectivity index (χ0) is 24.0. The molecule has 2 aliphatic heterocycles. The third kappa shape index (κ3) is 3.59.